The maximum atomic E-state index is 12.7. The van der Waals surface area contributed by atoms with Crippen molar-refractivity contribution in [2.24, 2.45) is 0 Å². The van der Waals surface area contributed by atoms with E-state index in [9.17, 15) is 4.79 Å². The Morgan fingerprint density at radius 2 is 1.90 bits per heavy atom. The molecule has 1 fully saturated rings. The van der Waals surface area contributed by atoms with Crippen molar-refractivity contribution in [3.63, 3.8) is 0 Å². The molecule has 0 unspecified atom stereocenters. The van der Waals surface area contributed by atoms with Gasteiger partial charge in [0.25, 0.3) is 5.56 Å². The summed E-state index contributed by atoms with van der Waals surface area (Å²) < 4.78 is 17.3. The normalized spacial score (nSPS) is 15.8. The smallest absolute Gasteiger partial charge is 0.258 e. The number of H-pyrrole nitrogens is 1. The van der Waals surface area contributed by atoms with Crippen LogP contribution in [0.1, 0.15) is 24.2 Å². The largest absolute Gasteiger partial charge is 0.493 e. The molecule has 1 saturated heterocycles. The van der Waals surface area contributed by atoms with Gasteiger partial charge in [-0.15, -0.1) is 0 Å². The van der Waals surface area contributed by atoms with E-state index in [0.717, 1.165) is 17.3 Å². The van der Waals surface area contributed by atoms with E-state index in [1.807, 2.05) is 12.1 Å². The number of fused-ring (bicyclic) bond motifs is 1. The number of hydrogen-bond donors (Lipinski definition) is 2. The number of benzene rings is 2. The Morgan fingerprint density at radius 3 is 2.60 bits per heavy atom. The molecule has 8 heteroatoms. The Labute approximate surface area is 182 Å². The van der Waals surface area contributed by atoms with E-state index >= 15 is 0 Å². The minimum atomic E-state index is -0.243. The van der Waals surface area contributed by atoms with Gasteiger partial charge in [0.1, 0.15) is 5.82 Å². The van der Waals surface area contributed by atoms with Gasteiger partial charge >= 0.3 is 0 Å². The Kier molecular flexibility index (Phi) is 6.08. The lowest BCUT2D eigenvalue weighted by Crippen LogP contribution is -2.46. The number of methoxy groups -OCH3 is 2. The van der Waals surface area contributed by atoms with Gasteiger partial charge in [0, 0.05) is 29.3 Å². The van der Waals surface area contributed by atoms with Crippen molar-refractivity contribution < 1.29 is 14.2 Å². The second-order valence-corrected chi connectivity index (χ2v) is 8.21. The Hall–Kier alpha value is -2.42. The summed E-state index contributed by atoms with van der Waals surface area (Å²) in [4.78, 5) is 20.2. The van der Waals surface area contributed by atoms with Gasteiger partial charge in [-0.1, -0.05) is 28.1 Å². The van der Waals surface area contributed by atoms with Gasteiger partial charge in [-0.05, 0) is 36.6 Å². The third-order valence-electron chi connectivity index (χ3n) is 5.58. The minimum absolute atomic E-state index is 0.207. The zero-order valence-electron chi connectivity index (χ0n) is 17.0. The molecule has 0 saturated carbocycles. The summed E-state index contributed by atoms with van der Waals surface area (Å²) in [7, 11) is 3.10. The third-order valence-corrected chi connectivity index (χ3v) is 6.07. The molecular formula is C22H24BrN3O4. The van der Waals surface area contributed by atoms with Crippen LogP contribution in [0, 0.1) is 0 Å². The van der Waals surface area contributed by atoms with E-state index in [2.05, 4.69) is 43.3 Å². The zero-order valence-corrected chi connectivity index (χ0v) is 18.5. The quantitative estimate of drug-likeness (QED) is 0.569. The summed E-state index contributed by atoms with van der Waals surface area (Å²) in [5.74, 6) is 1.61. The van der Waals surface area contributed by atoms with Crippen LogP contribution in [0.25, 0.3) is 10.9 Å². The molecular weight excluding hydrogens is 450 g/mol. The van der Waals surface area contributed by atoms with Crippen LogP contribution in [0.5, 0.6) is 11.5 Å². The highest BCUT2D eigenvalue weighted by Gasteiger charge is 2.34. The van der Waals surface area contributed by atoms with Crippen molar-refractivity contribution in [3.8, 4) is 11.5 Å². The zero-order chi connectivity index (χ0) is 21.1. The molecule has 1 aliphatic rings. The van der Waals surface area contributed by atoms with Gasteiger partial charge in [0.2, 0.25) is 0 Å². The first kappa shape index (κ1) is 20.8. The van der Waals surface area contributed by atoms with Crippen molar-refractivity contribution >= 4 is 26.8 Å². The molecule has 0 spiro atoms. The molecule has 0 radical (unpaired) electrons. The van der Waals surface area contributed by atoms with Crippen LogP contribution in [0.15, 0.2) is 45.7 Å². The Bertz CT molecular complexity index is 1110. The van der Waals surface area contributed by atoms with Crippen molar-refractivity contribution in [2.45, 2.75) is 24.9 Å². The maximum Gasteiger partial charge on any atom is 0.258 e. The second kappa shape index (κ2) is 8.75. The number of ether oxygens (including phenoxy) is 3. The van der Waals surface area contributed by atoms with E-state index in [-0.39, 0.29) is 11.1 Å². The van der Waals surface area contributed by atoms with E-state index in [1.165, 1.54) is 5.56 Å². The molecule has 0 amide bonds. The van der Waals surface area contributed by atoms with Gasteiger partial charge in [-0.3, -0.25) is 4.79 Å². The molecule has 2 N–H and O–H groups in total. The van der Waals surface area contributed by atoms with Crippen molar-refractivity contribution in [1.82, 2.24) is 15.3 Å². The summed E-state index contributed by atoms with van der Waals surface area (Å²) >= 11 is 3.57. The van der Waals surface area contributed by atoms with Crippen LogP contribution in [-0.2, 0) is 16.8 Å². The average Bonchev–Trinajstić information content (AvgIpc) is 2.77. The lowest BCUT2D eigenvalue weighted by molar-refractivity contribution is 0.0355. The lowest BCUT2D eigenvalue weighted by atomic mass is 9.82. The van der Waals surface area contributed by atoms with Crippen LogP contribution in [0.2, 0.25) is 0 Å². The number of halogens is 1. The number of rotatable bonds is 6. The molecule has 0 atom stereocenters. The highest BCUT2D eigenvalue weighted by atomic mass is 79.9. The van der Waals surface area contributed by atoms with Crippen molar-refractivity contribution in [1.29, 1.82) is 0 Å². The van der Waals surface area contributed by atoms with Crippen molar-refractivity contribution in [2.75, 3.05) is 27.4 Å². The van der Waals surface area contributed by atoms with Gasteiger partial charge in [-0.25, -0.2) is 4.98 Å². The third kappa shape index (κ3) is 4.08. The molecule has 1 aliphatic heterocycles. The van der Waals surface area contributed by atoms with Gasteiger partial charge < -0.3 is 24.5 Å². The van der Waals surface area contributed by atoms with Gasteiger partial charge in [0.15, 0.2) is 11.5 Å². The molecule has 30 heavy (non-hydrogen) atoms. The van der Waals surface area contributed by atoms with Crippen LogP contribution >= 0.6 is 15.9 Å². The monoisotopic (exact) mass is 473 g/mol. The number of hydrogen-bond acceptors (Lipinski definition) is 6. The summed E-state index contributed by atoms with van der Waals surface area (Å²) in [6, 6.07) is 11.7. The highest BCUT2D eigenvalue weighted by Crippen LogP contribution is 2.34. The fraction of sp³-hybridized carbons (Fsp3) is 0.364. The fourth-order valence-corrected chi connectivity index (χ4v) is 4.32. The summed E-state index contributed by atoms with van der Waals surface area (Å²) in [5, 5.41) is 4.11. The molecule has 7 nitrogen and oxygen atoms in total. The van der Waals surface area contributed by atoms with E-state index in [4.69, 9.17) is 14.2 Å². The SMILES string of the molecule is COc1cc2nc(CNC3(c4cccc(Br)c4)CCOCC3)[nH]c(=O)c2cc1OC. The highest BCUT2D eigenvalue weighted by molar-refractivity contribution is 9.10. The molecule has 0 aliphatic carbocycles. The van der Waals surface area contributed by atoms with E-state index in [1.54, 1.807) is 26.4 Å². The first-order chi connectivity index (χ1) is 14.5. The molecule has 158 valence electrons. The minimum Gasteiger partial charge on any atom is -0.493 e. The first-order valence-corrected chi connectivity index (χ1v) is 10.6. The van der Waals surface area contributed by atoms with Crippen LogP contribution < -0.4 is 20.3 Å². The molecule has 3 aromatic rings. The number of aromatic amines is 1. The Morgan fingerprint density at radius 1 is 1.17 bits per heavy atom. The van der Waals surface area contributed by atoms with E-state index < -0.39 is 0 Å². The van der Waals surface area contributed by atoms with Crippen LogP contribution in [0.4, 0.5) is 0 Å². The van der Waals surface area contributed by atoms with Gasteiger partial charge in [-0.2, -0.15) is 0 Å². The number of nitrogens with one attached hydrogen (secondary N) is 2. The summed E-state index contributed by atoms with van der Waals surface area (Å²) in [5.41, 5.74) is 1.31. The lowest BCUT2D eigenvalue weighted by Gasteiger charge is -2.39. The first-order valence-electron chi connectivity index (χ1n) is 9.78. The average molecular weight is 474 g/mol. The summed E-state index contributed by atoms with van der Waals surface area (Å²) in [6.45, 7) is 1.78. The van der Waals surface area contributed by atoms with Gasteiger partial charge in [0.05, 0.1) is 31.7 Å². The topological polar surface area (TPSA) is 85.5 Å². The fourth-order valence-electron chi connectivity index (χ4n) is 3.92. The van der Waals surface area contributed by atoms with E-state index in [0.29, 0.717) is 48.0 Å². The molecule has 1 aromatic heterocycles. The molecule has 0 bridgehead atoms. The predicted molar refractivity (Wildman–Crippen MR) is 118 cm³/mol. The maximum absolute atomic E-state index is 12.7. The number of aromatic nitrogens is 2. The molecule has 2 heterocycles. The standard InChI is InChI=1S/C22H24BrN3O4/c1-28-18-11-16-17(12-19(18)29-2)25-20(26-21(16)27)13-24-22(6-8-30-9-7-22)14-4-3-5-15(23)10-14/h3-5,10-12,24H,6-9,13H2,1-2H3,(H,25,26,27). The van der Waals surface area contributed by atoms with Crippen molar-refractivity contribution in [3.05, 3.63) is 62.6 Å². The predicted octanol–water partition coefficient (Wildman–Crippen LogP) is 3.50. The van der Waals surface area contributed by atoms with Crippen LogP contribution in [-0.4, -0.2) is 37.4 Å². The van der Waals surface area contributed by atoms with Crippen LogP contribution in [0.3, 0.4) is 0 Å². The second-order valence-electron chi connectivity index (χ2n) is 7.30. The molecule has 4 rings (SSSR count). The summed E-state index contributed by atoms with van der Waals surface area (Å²) in [6.07, 6.45) is 1.68. The number of nitrogens with zero attached hydrogens (tertiary/aromatic N) is 1. The Balaban J connectivity index is 1.66. The molecule has 2 aromatic carbocycles.